The quantitative estimate of drug-likeness (QED) is 0.524. The molecule has 1 fully saturated rings. The second-order valence-corrected chi connectivity index (χ2v) is 8.96. The van der Waals surface area contributed by atoms with Gasteiger partial charge in [-0.2, -0.15) is 0 Å². The van der Waals surface area contributed by atoms with E-state index < -0.39 is 5.91 Å². The van der Waals surface area contributed by atoms with Crippen molar-refractivity contribution < 1.29 is 4.79 Å². The summed E-state index contributed by atoms with van der Waals surface area (Å²) in [6.07, 6.45) is 7.63. The highest BCUT2D eigenvalue weighted by Gasteiger charge is 2.48. The van der Waals surface area contributed by atoms with Crippen LogP contribution in [-0.2, 0) is 12.5 Å². The summed E-state index contributed by atoms with van der Waals surface area (Å²) in [6, 6.07) is 10.3. The molecule has 0 bridgehead atoms. The molecule has 1 aliphatic carbocycles. The molecule has 162 valence electrons. The highest BCUT2D eigenvalue weighted by atomic mass is 16.1. The van der Waals surface area contributed by atoms with E-state index in [1.807, 2.05) is 24.7 Å². The Labute approximate surface area is 186 Å². The first-order valence-corrected chi connectivity index (χ1v) is 10.7. The van der Waals surface area contributed by atoms with Crippen molar-refractivity contribution in [3.8, 4) is 5.69 Å². The van der Waals surface area contributed by atoms with Crippen LogP contribution in [0.25, 0.3) is 22.8 Å². The molecule has 1 amide bonds. The molecule has 4 aromatic rings. The Morgan fingerprint density at radius 1 is 1.31 bits per heavy atom. The number of primary amides is 1. The van der Waals surface area contributed by atoms with Crippen LogP contribution < -0.4 is 5.73 Å². The number of carbonyl (C=O) groups is 1. The summed E-state index contributed by atoms with van der Waals surface area (Å²) in [7, 11) is 2.01. The summed E-state index contributed by atoms with van der Waals surface area (Å²) >= 11 is 0. The molecule has 1 aliphatic rings. The standard InChI is InChI=1S/C25H26N6O/c1-5-17-9-20(23(26)32)28-21-16(3)13-31(22(17)21)19-8-6-7-18(10-19)25(11-15(2)12-25)24-29-27-14-30(24)4/h5-10,13-15H,1,11-12H2,2-4H3,(H2,26,32). The number of nitrogens with zero attached hydrogens (tertiary/aromatic N) is 5. The number of aryl methyl sites for hydroxylation is 2. The third-order valence-electron chi connectivity index (χ3n) is 6.64. The summed E-state index contributed by atoms with van der Waals surface area (Å²) < 4.78 is 4.15. The van der Waals surface area contributed by atoms with E-state index in [9.17, 15) is 4.79 Å². The van der Waals surface area contributed by atoms with Crippen molar-refractivity contribution in [3.63, 3.8) is 0 Å². The zero-order valence-corrected chi connectivity index (χ0v) is 18.5. The third-order valence-corrected chi connectivity index (χ3v) is 6.64. The smallest absolute Gasteiger partial charge is 0.267 e. The number of aromatic nitrogens is 5. The van der Waals surface area contributed by atoms with Crippen LogP contribution in [0.4, 0.5) is 0 Å². The van der Waals surface area contributed by atoms with Gasteiger partial charge in [-0.05, 0) is 55.0 Å². The van der Waals surface area contributed by atoms with Crippen LogP contribution in [0.15, 0.2) is 49.4 Å². The van der Waals surface area contributed by atoms with Gasteiger partial charge in [-0.3, -0.25) is 4.79 Å². The van der Waals surface area contributed by atoms with E-state index in [0.717, 1.165) is 46.5 Å². The number of rotatable bonds is 5. The summed E-state index contributed by atoms with van der Waals surface area (Å²) in [5, 5.41) is 8.61. The molecule has 0 aliphatic heterocycles. The summed E-state index contributed by atoms with van der Waals surface area (Å²) in [5.74, 6) is 1.09. The molecule has 0 atom stereocenters. The molecule has 1 aromatic carbocycles. The minimum Gasteiger partial charge on any atom is -0.364 e. The maximum absolute atomic E-state index is 11.8. The maximum atomic E-state index is 11.8. The molecule has 7 nitrogen and oxygen atoms in total. The SMILES string of the molecule is C=Cc1cc(C(N)=O)nc2c(C)cn(-c3cccc(C4(c5nncn5C)CC(C)C4)c3)c12. The minimum atomic E-state index is -0.547. The van der Waals surface area contributed by atoms with E-state index in [-0.39, 0.29) is 11.1 Å². The van der Waals surface area contributed by atoms with Gasteiger partial charge in [-0.25, -0.2) is 4.98 Å². The van der Waals surface area contributed by atoms with Crippen molar-refractivity contribution in [2.75, 3.05) is 0 Å². The van der Waals surface area contributed by atoms with Gasteiger partial charge in [-0.15, -0.1) is 10.2 Å². The summed E-state index contributed by atoms with van der Waals surface area (Å²) in [6.45, 7) is 8.21. The molecular weight excluding hydrogens is 400 g/mol. The van der Waals surface area contributed by atoms with E-state index >= 15 is 0 Å². The Balaban J connectivity index is 1.70. The second-order valence-electron chi connectivity index (χ2n) is 8.96. The molecular formula is C25H26N6O. The summed E-state index contributed by atoms with van der Waals surface area (Å²) in [4.78, 5) is 16.3. The number of pyridine rings is 1. The first kappa shape index (κ1) is 20.2. The summed E-state index contributed by atoms with van der Waals surface area (Å²) in [5.41, 5.74) is 11.3. The van der Waals surface area contributed by atoms with Crippen LogP contribution in [0.2, 0.25) is 0 Å². The zero-order chi connectivity index (χ0) is 22.6. The highest BCUT2D eigenvalue weighted by molar-refractivity contribution is 5.97. The third kappa shape index (κ3) is 2.88. The number of amides is 1. The van der Waals surface area contributed by atoms with Gasteiger partial charge >= 0.3 is 0 Å². The molecule has 0 unspecified atom stereocenters. The monoisotopic (exact) mass is 426 g/mol. The Morgan fingerprint density at radius 2 is 2.09 bits per heavy atom. The lowest BCUT2D eigenvalue weighted by molar-refractivity contribution is 0.0996. The Kier molecular flexibility index (Phi) is 4.51. The molecule has 2 N–H and O–H groups in total. The van der Waals surface area contributed by atoms with Crippen LogP contribution >= 0.6 is 0 Å². The molecule has 1 saturated carbocycles. The molecule has 0 saturated heterocycles. The normalized spacial score (nSPS) is 20.3. The minimum absolute atomic E-state index is 0.142. The Bertz CT molecular complexity index is 1370. The topological polar surface area (TPSA) is 91.6 Å². The molecule has 7 heteroatoms. The van der Waals surface area contributed by atoms with E-state index in [1.54, 1.807) is 18.5 Å². The van der Waals surface area contributed by atoms with Crippen molar-refractivity contribution >= 4 is 23.0 Å². The average Bonchev–Trinajstić information content (AvgIpc) is 3.34. The van der Waals surface area contributed by atoms with Gasteiger partial charge in [0.25, 0.3) is 5.91 Å². The number of hydrogen-bond donors (Lipinski definition) is 1. The van der Waals surface area contributed by atoms with Crippen molar-refractivity contribution in [1.82, 2.24) is 24.3 Å². The van der Waals surface area contributed by atoms with E-state index in [4.69, 9.17) is 5.73 Å². The predicted octanol–water partition coefficient (Wildman–Crippen LogP) is 3.92. The first-order valence-electron chi connectivity index (χ1n) is 10.7. The van der Waals surface area contributed by atoms with Crippen LogP contribution in [0.1, 0.15) is 52.8 Å². The number of fused-ring (bicyclic) bond motifs is 1. The fourth-order valence-corrected chi connectivity index (χ4v) is 5.24. The zero-order valence-electron chi connectivity index (χ0n) is 18.5. The highest BCUT2D eigenvalue weighted by Crippen LogP contribution is 2.51. The molecule has 32 heavy (non-hydrogen) atoms. The van der Waals surface area contributed by atoms with E-state index in [1.165, 1.54) is 5.56 Å². The van der Waals surface area contributed by atoms with Crippen LogP contribution in [0, 0.1) is 12.8 Å². The van der Waals surface area contributed by atoms with Crippen molar-refractivity contribution in [1.29, 1.82) is 0 Å². The lowest BCUT2D eigenvalue weighted by Crippen LogP contribution is -2.43. The average molecular weight is 427 g/mol. The lowest BCUT2D eigenvalue weighted by Gasteiger charge is -2.46. The van der Waals surface area contributed by atoms with Gasteiger partial charge in [0.05, 0.1) is 16.4 Å². The molecule has 0 radical (unpaired) electrons. The van der Waals surface area contributed by atoms with Gasteiger partial charge < -0.3 is 14.9 Å². The van der Waals surface area contributed by atoms with Gasteiger partial charge in [0.15, 0.2) is 0 Å². The van der Waals surface area contributed by atoms with Crippen molar-refractivity contribution in [2.45, 2.75) is 32.1 Å². The second kappa shape index (κ2) is 7.15. The molecule has 5 rings (SSSR count). The van der Waals surface area contributed by atoms with Gasteiger partial charge in [0.1, 0.15) is 17.8 Å². The van der Waals surface area contributed by atoms with Crippen LogP contribution in [0.3, 0.4) is 0 Å². The van der Waals surface area contributed by atoms with E-state index in [0.29, 0.717) is 5.92 Å². The number of benzene rings is 1. The van der Waals surface area contributed by atoms with Crippen LogP contribution in [-0.4, -0.2) is 30.2 Å². The fraction of sp³-hybridized carbons (Fsp3) is 0.280. The molecule has 3 heterocycles. The Morgan fingerprint density at radius 3 is 2.72 bits per heavy atom. The Hall–Kier alpha value is -3.74. The fourth-order valence-electron chi connectivity index (χ4n) is 5.24. The predicted molar refractivity (Wildman–Crippen MR) is 125 cm³/mol. The maximum Gasteiger partial charge on any atom is 0.267 e. The van der Waals surface area contributed by atoms with Gasteiger partial charge in [0, 0.05) is 24.5 Å². The van der Waals surface area contributed by atoms with Gasteiger partial charge in [0.2, 0.25) is 0 Å². The van der Waals surface area contributed by atoms with Crippen LogP contribution in [0.5, 0.6) is 0 Å². The van der Waals surface area contributed by atoms with Gasteiger partial charge in [-0.1, -0.05) is 31.7 Å². The number of nitrogens with two attached hydrogens (primary N) is 1. The largest absolute Gasteiger partial charge is 0.364 e. The first-order chi connectivity index (χ1) is 15.3. The van der Waals surface area contributed by atoms with Crippen molar-refractivity contribution in [2.24, 2.45) is 18.7 Å². The molecule has 3 aromatic heterocycles. The van der Waals surface area contributed by atoms with E-state index in [2.05, 4.69) is 57.5 Å². The lowest BCUT2D eigenvalue weighted by atomic mass is 9.58. The number of hydrogen-bond acceptors (Lipinski definition) is 4. The molecule has 0 spiro atoms. The number of carbonyl (C=O) groups excluding carboxylic acids is 1. The van der Waals surface area contributed by atoms with Crippen molar-refractivity contribution in [3.05, 3.63) is 77.6 Å².